The van der Waals surface area contributed by atoms with Gasteiger partial charge in [-0.3, -0.25) is 4.79 Å². The number of carbonyl (C=O) groups excluding carboxylic acids is 2. The van der Waals surface area contributed by atoms with Gasteiger partial charge < -0.3 is 14.9 Å². The van der Waals surface area contributed by atoms with Crippen molar-refractivity contribution in [2.24, 2.45) is 23.7 Å². The van der Waals surface area contributed by atoms with Crippen LogP contribution in [-0.2, 0) is 9.53 Å². The number of carbonyl (C=O) groups is 2. The lowest BCUT2D eigenvalue weighted by Gasteiger charge is -2.22. The van der Waals surface area contributed by atoms with Crippen LogP contribution in [0.4, 0.5) is 0 Å². The van der Waals surface area contributed by atoms with Crippen molar-refractivity contribution in [2.45, 2.75) is 52.2 Å². The third-order valence-corrected chi connectivity index (χ3v) is 5.58. The number of aliphatic hydroxyl groups excluding tert-OH is 2. The van der Waals surface area contributed by atoms with Gasteiger partial charge in [0.1, 0.15) is 0 Å². The lowest BCUT2D eigenvalue weighted by atomic mass is 9.89. The summed E-state index contributed by atoms with van der Waals surface area (Å²) in [4.78, 5) is 24.5. The predicted molar refractivity (Wildman–Crippen MR) is 98.6 cm³/mol. The third kappa shape index (κ3) is 5.39. The molecule has 0 radical (unpaired) electrons. The molecule has 0 saturated heterocycles. The molecule has 5 nitrogen and oxygen atoms in total. The highest BCUT2D eigenvalue weighted by molar-refractivity contribution is 5.93. The van der Waals surface area contributed by atoms with Gasteiger partial charge in [-0.2, -0.15) is 0 Å². The highest BCUT2D eigenvalue weighted by Crippen LogP contribution is 2.45. The summed E-state index contributed by atoms with van der Waals surface area (Å²) in [7, 11) is 0. The molecule has 1 fully saturated rings. The van der Waals surface area contributed by atoms with E-state index in [9.17, 15) is 14.7 Å². The lowest BCUT2D eigenvalue weighted by molar-refractivity contribution is -0.134. The molecule has 0 unspecified atom stereocenters. The molecule has 2 N–H and O–H groups in total. The molecule has 0 heterocycles. The number of benzene rings is 1. The van der Waals surface area contributed by atoms with E-state index in [0.717, 1.165) is 12.8 Å². The largest absolute Gasteiger partial charge is 0.451 e. The zero-order valence-corrected chi connectivity index (χ0v) is 15.8. The van der Waals surface area contributed by atoms with E-state index in [1.54, 1.807) is 44.2 Å². The second kappa shape index (κ2) is 9.28. The van der Waals surface area contributed by atoms with Crippen LogP contribution in [0, 0.1) is 23.7 Å². The summed E-state index contributed by atoms with van der Waals surface area (Å²) in [5.74, 6) is -0.0340. The van der Waals surface area contributed by atoms with Crippen LogP contribution in [0.3, 0.4) is 0 Å². The lowest BCUT2D eigenvalue weighted by Crippen LogP contribution is -2.35. The van der Waals surface area contributed by atoms with Gasteiger partial charge in [-0.05, 0) is 56.1 Å². The Labute approximate surface area is 155 Å². The molecule has 0 bridgehead atoms. The quantitative estimate of drug-likeness (QED) is 0.625. The average Bonchev–Trinajstić information content (AvgIpc) is 3.45. The SMILES string of the molecule is C[C@H](C(=O)[C@@H](C)OC(=O)c1ccccc1)[C@@H](O)CC[C@H](C)[C@H]1C[C@H]1CO. The Morgan fingerprint density at radius 2 is 1.81 bits per heavy atom. The first-order valence-corrected chi connectivity index (χ1v) is 9.43. The summed E-state index contributed by atoms with van der Waals surface area (Å²) in [6, 6.07) is 8.54. The highest BCUT2D eigenvalue weighted by Gasteiger charge is 2.40. The van der Waals surface area contributed by atoms with E-state index in [2.05, 4.69) is 6.92 Å². The van der Waals surface area contributed by atoms with E-state index in [4.69, 9.17) is 9.84 Å². The van der Waals surface area contributed by atoms with Crippen LogP contribution in [0.15, 0.2) is 30.3 Å². The molecule has 6 atom stereocenters. The van der Waals surface area contributed by atoms with Crippen molar-refractivity contribution < 1.29 is 24.5 Å². The Morgan fingerprint density at radius 1 is 1.15 bits per heavy atom. The van der Waals surface area contributed by atoms with Crippen molar-refractivity contribution in [3.63, 3.8) is 0 Å². The summed E-state index contributed by atoms with van der Waals surface area (Å²) in [6.45, 7) is 5.59. The summed E-state index contributed by atoms with van der Waals surface area (Å²) in [6.07, 6.45) is 0.746. The molecule has 0 spiro atoms. The zero-order valence-electron chi connectivity index (χ0n) is 15.8. The number of hydrogen-bond acceptors (Lipinski definition) is 5. The Morgan fingerprint density at radius 3 is 2.38 bits per heavy atom. The fraction of sp³-hybridized carbons (Fsp3) is 0.619. The minimum atomic E-state index is -0.896. The molecule has 5 heteroatoms. The van der Waals surface area contributed by atoms with Gasteiger partial charge in [0.25, 0.3) is 0 Å². The predicted octanol–water partition coefficient (Wildman–Crippen LogP) is 2.84. The van der Waals surface area contributed by atoms with Gasteiger partial charge >= 0.3 is 5.97 Å². The van der Waals surface area contributed by atoms with Crippen molar-refractivity contribution in [3.05, 3.63) is 35.9 Å². The molecule has 144 valence electrons. The minimum absolute atomic E-state index is 0.233. The molecule has 1 aromatic carbocycles. The van der Waals surface area contributed by atoms with Crippen molar-refractivity contribution in [2.75, 3.05) is 6.61 Å². The first kappa shape index (κ1) is 20.6. The standard InChI is InChI=1S/C21H30O5/c1-13(18-11-17(18)12-22)9-10-19(23)14(2)20(24)15(3)26-21(25)16-7-5-4-6-8-16/h4-8,13-15,17-19,22-23H,9-12H2,1-3H3/t13-,14-,15+,17-,18+,19-/m0/s1. The van der Waals surface area contributed by atoms with E-state index < -0.39 is 24.1 Å². The normalized spacial score (nSPS) is 23.6. The number of ketones is 1. The van der Waals surface area contributed by atoms with Crippen molar-refractivity contribution >= 4 is 11.8 Å². The van der Waals surface area contributed by atoms with Crippen LogP contribution in [0.2, 0.25) is 0 Å². The molecule has 1 aliphatic rings. The number of esters is 1. The van der Waals surface area contributed by atoms with Crippen LogP contribution in [0.25, 0.3) is 0 Å². The van der Waals surface area contributed by atoms with Crippen molar-refractivity contribution in [1.29, 1.82) is 0 Å². The zero-order chi connectivity index (χ0) is 19.3. The van der Waals surface area contributed by atoms with Gasteiger partial charge in [0.15, 0.2) is 11.9 Å². The van der Waals surface area contributed by atoms with Crippen LogP contribution in [0.1, 0.15) is 50.4 Å². The number of Topliss-reactive ketones (excluding diaryl/α,β-unsaturated/α-hetero) is 1. The maximum absolute atomic E-state index is 12.5. The van der Waals surface area contributed by atoms with Gasteiger partial charge in [-0.15, -0.1) is 0 Å². The van der Waals surface area contributed by atoms with Crippen molar-refractivity contribution in [1.82, 2.24) is 0 Å². The number of rotatable bonds is 10. The fourth-order valence-corrected chi connectivity index (χ4v) is 3.50. The van der Waals surface area contributed by atoms with Crippen LogP contribution < -0.4 is 0 Å². The number of hydrogen-bond donors (Lipinski definition) is 2. The van der Waals surface area contributed by atoms with E-state index in [0.29, 0.717) is 29.7 Å². The number of aliphatic hydroxyl groups is 2. The third-order valence-electron chi connectivity index (χ3n) is 5.58. The van der Waals surface area contributed by atoms with Crippen LogP contribution >= 0.6 is 0 Å². The van der Waals surface area contributed by atoms with Crippen LogP contribution in [-0.4, -0.2) is 40.8 Å². The van der Waals surface area contributed by atoms with Gasteiger partial charge in [0.05, 0.1) is 11.7 Å². The topological polar surface area (TPSA) is 83.8 Å². The Bertz CT molecular complexity index is 600. The summed E-state index contributed by atoms with van der Waals surface area (Å²) < 4.78 is 5.24. The minimum Gasteiger partial charge on any atom is -0.451 e. The average molecular weight is 362 g/mol. The first-order valence-electron chi connectivity index (χ1n) is 9.43. The maximum atomic E-state index is 12.5. The van der Waals surface area contributed by atoms with Gasteiger partial charge in [0, 0.05) is 12.5 Å². The number of ether oxygens (including phenoxy) is 1. The summed E-state index contributed by atoms with van der Waals surface area (Å²) in [5, 5.41) is 19.5. The fourth-order valence-electron chi connectivity index (χ4n) is 3.50. The van der Waals surface area contributed by atoms with E-state index in [1.165, 1.54) is 0 Å². The van der Waals surface area contributed by atoms with E-state index in [-0.39, 0.29) is 12.4 Å². The smallest absolute Gasteiger partial charge is 0.338 e. The molecule has 26 heavy (non-hydrogen) atoms. The second-order valence-electron chi connectivity index (χ2n) is 7.57. The monoisotopic (exact) mass is 362 g/mol. The molecule has 2 rings (SSSR count). The van der Waals surface area contributed by atoms with Gasteiger partial charge in [-0.25, -0.2) is 4.79 Å². The molecule has 0 amide bonds. The van der Waals surface area contributed by atoms with Gasteiger partial charge in [-0.1, -0.05) is 32.0 Å². The molecule has 1 aromatic rings. The Hall–Kier alpha value is -1.72. The summed E-state index contributed by atoms with van der Waals surface area (Å²) in [5.41, 5.74) is 0.400. The molecular formula is C21H30O5. The van der Waals surface area contributed by atoms with Crippen LogP contribution in [0.5, 0.6) is 0 Å². The second-order valence-corrected chi connectivity index (χ2v) is 7.57. The first-order chi connectivity index (χ1) is 12.3. The molecular weight excluding hydrogens is 332 g/mol. The van der Waals surface area contributed by atoms with Crippen molar-refractivity contribution in [3.8, 4) is 0 Å². The maximum Gasteiger partial charge on any atom is 0.338 e. The highest BCUT2D eigenvalue weighted by atomic mass is 16.5. The van der Waals surface area contributed by atoms with E-state index >= 15 is 0 Å². The Kier molecular flexibility index (Phi) is 7.35. The molecule has 0 aromatic heterocycles. The Balaban J connectivity index is 1.78. The summed E-state index contributed by atoms with van der Waals surface area (Å²) >= 11 is 0. The molecule has 1 aliphatic carbocycles. The van der Waals surface area contributed by atoms with E-state index in [1.807, 2.05) is 0 Å². The van der Waals surface area contributed by atoms with Gasteiger partial charge in [0.2, 0.25) is 0 Å². The molecule has 0 aliphatic heterocycles. The molecule has 1 saturated carbocycles.